The Bertz CT molecular complexity index is 469. The number of H-pyrrole nitrogens is 1. The van der Waals surface area contributed by atoms with Crippen LogP contribution in [-0.4, -0.2) is 60.4 Å². The van der Waals surface area contributed by atoms with Crippen molar-refractivity contribution in [3.8, 4) is 0 Å². The quantitative estimate of drug-likeness (QED) is 0.792. The molecule has 0 spiro atoms. The largest absolute Gasteiger partial charge is 0.432 e. The van der Waals surface area contributed by atoms with E-state index in [-0.39, 0.29) is 5.69 Å². The number of aromatic amines is 1. The van der Waals surface area contributed by atoms with Gasteiger partial charge in [0.15, 0.2) is 5.69 Å². The van der Waals surface area contributed by atoms with Crippen LogP contribution in [0.4, 0.5) is 13.2 Å². The zero-order valence-electron chi connectivity index (χ0n) is 11.4. The molecular weight excluding hydrogens is 289 g/mol. The smallest absolute Gasteiger partial charge is 0.379 e. The molecule has 1 aromatic rings. The Kier molecular flexibility index (Phi) is 5.18. The van der Waals surface area contributed by atoms with E-state index >= 15 is 0 Å². The lowest BCUT2D eigenvalue weighted by Gasteiger charge is -2.26. The third kappa shape index (κ3) is 4.71. The molecule has 0 bridgehead atoms. The topological polar surface area (TPSA) is 70.2 Å². The number of hydrogen-bond donors (Lipinski definition) is 2. The Hall–Kier alpha value is -1.61. The van der Waals surface area contributed by atoms with E-state index in [4.69, 9.17) is 4.74 Å². The molecule has 1 saturated heterocycles. The highest BCUT2D eigenvalue weighted by Gasteiger charge is 2.33. The molecule has 0 atom stereocenters. The van der Waals surface area contributed by atoms with Gasteiger partial charge in [-0.1, -0.05) is 0 Å². The second-order valence-electron chi connectivity index (χ2n) is 4.73. The molecule has 9 heteroatoms. The number of hydrogen-bond acceptors (Lipinski definition) is 4. The van der Waals surface area contributed by atoms with Crippen LogP contribution in [0.1, 0.15) is 22.6 Å². The molecule has 1 fully saturated rings. The molecule has 0 aliphatic carbocycles. The summed E-state index contributed by atoms with van der Waals surface area (Å²) < 4.78 is 42.3. The molecular formula is C12H17F3N4O2. The summed E-state index contributed by atoms with van der Waals surface area (Å²) in [5.74, 6) is -0.608. The van der Waals surface area contributed by atoms with Gasteiger partial charge in [-0.25, -0.2) is 0 Å². The van der Waals surface area contributed by atoms with Gasteiger partial charge in [0, 0.05) is 25.7 Å². The lowest BCUT2D eigenvalue weighted by molar-refractivity contribution is -0.141. The van der Waals surface area contributed by atoms with Crippen molar-refractivity contribution in [3.05, 3.63) is 17.5 Å². The van der Waals surface area contributed by atoms with Gasteiger partial charge in [-0.05, 0) is 13.0 Å². The van der Waals surface area contributed by atoms with Gasteiger partial charge < -0.3 is 10.1 Å². The van der Waals surface area contributed by atoms with Crippen LogP contribution in [0.2, 0.25) is 0 Å². The number of halogens is 3. The molecule has 0 unspecified atom stereocenters. The fraction of sp³-hybridized carbons (Fsp3) is 0.667. The molecule has 21 heavy (non-hydrogen) atoms. The first-order valence-corrected chi connectivity index (χ1v) is 6.68. The summed E-state index contributed by atoms with van der Waals surface area (Å²) in [6.45, 7) is 4.35. The fourth-order valence-corrected chi connectivity index (χ4v) is 2.00. The molecule has 2 N–H and O–H groups in total. The lowest BCUT2D eigenvalue weighted by atomic mass is 10.3. The van der Waals surface area contributed by atoms with Gasteiger partial charge in [-0.2, -0.15) is 18.3 Å². The Labute approximate surface area is 119 Å². The summed E-state index contributed by atoms with van der Waals surface area (Å²) in [6, 6.07) is 0.706. The zero-order chi connectivity index (χ0) is 15.3. The molecule has 0 radical (unpaired) electrons. The fourth-order valence-electron chi connectivity index (χ4n) is 2.00. The first-order valence-electron chi connectivity index (χ1n) is 6.68. The van der Waals surface area contributed by atoms with Crippen LogP contribution < -0.4 is 5.32 Å². The summed E-state index contributed by atoms with van der Waals surface area (Å²) in [7, 11) is 0. The number of alkyl halides is 3. The molecule has 1 aromatic heterocycles. The maximum Gasteiger partial charge on any atom is 0.432 e. The second-order valence-corrected chi connectivity index (χ2v) is 4.73. The van der Waals surface area contributed by atoms with E-state index in [9.17, 15) is 18.0 Å². The van der Waals surface area contributed by atoms with Crippen molar-refractivity contribution in [2.45, 2.75) is 12.6 Å². The highest BCUT2D eigenvalue weighted by atomic mass is 19.4. The predicted molar refractivity (Wildman–Crippen MR) is 67.8 cm³/mol. The van der Waals surface area contributed by atoms with Crippen molar-refractivity contribution in [2.24, 2.45) is 0 Å². The second kappa shape index (κ2) is 6.90. The van der Waals surface area contributed by atoms with Crippen LogP contribution in [0.15, 0.2) is 6.07 Å². The minimum absolute atomic E-state index is 0.256. The van der Waals surface area contributed by atoms with Gasteiger partial charge in [-0.3, -0.25) is 14.8 Å². The van der Waals surface area contributed by atoms with Crippen molar-refractivity contribution >= 4 is 5.91 Å². The van der Waals surface area contributed by atoms with E-state index in [1.165, 1.54) is 0 Å². The molecule has 2 heterocycles. The van der Waals surface area contributed by atoms with E-state index in [0.717, 1.165) is 26.1 Å². The average molecular weight is 306 g/mol. The third-order valence-corrected chi connectivity index (χ3v) is 3.16. The summed E-state index contributed by atoms with van der Waals surface area (Å²) in [6.07, 6.45) is -3.80. The predicted octanol–water partition coefficient (Wildman–Crippen LogP) is 0.881. The van der Waals surface area contributed by atoms with Gasteiger partial charge in [-0.15, -0.1) is 0 Å². The Morgan fingerprint density at radius 3 is 2.76 bits per heavy atom. The molecule has 6 nitrogen and oxygen atoms in total. The van der Waals surface area contributed by atoms with Crippen molar-refractivity contribution < 1.29 is 22.7 Å². The van der Waals surface area contributed by atoms with Crippen molar-refractivity contribution in [3.63, 3.8) is 0 Å². The van der Waals surface area contributed by atoms with Crippen LogP contribution in [0.5, 0.6) is 0 Å². The Balaban J connectivity index is 1.70. The summed E-state index contributed by atoms with van der Waals surface area (Å²) in [5.41, 5.74) is -1.28. The SMILES string of the molecule is O=C(NCCCN1CCOCC1)c1cc(C(F)(F)F)[nH]n1. The van der Waals surface area contributed by atoms with Gasteiger partial charge in [0.25, 0.3) is 5.91 Å². The van der Waals surface area contributed by atoms with Crippen LogP contribution in [-0.2, 0) is 10.9 Å². The maximum atomic E-state index is 12.4. The minimum atomic E-state index is -4.53. The number of amides is 1. The number of rotatable bonds is 5. The van der Waals surface area contributed by atoms with Crippen LogP contribution in [0.25, 0.3) is 0 Å². The number of ether oxygens (including phenoxy) is 1. The van der Waals surface area contributed by atoms with Gasteiger partial charge in [0.2, 0.25) is 0 Å². The van der Waals surface area contributed by atoms with E-state index in [0.29, 0.717) is 25.8 Å². The number of carbonyl (C=O) groups is 1. The molecule has 1 aliphatic rings. The third-order valence-electron chi connectivity index (χ3n) is 3.16. The minimum Gasteiger partial charge on any atom is -0.379 e. The number of carbonyl (C=O) groups excluding carboxylic acids is 1. The lowest BCUT2D eigenvalue weighted by Crippen LogP contribution is -2.38. The molecule has 1 aliphatic heterocycles. The normalized spacial score (nSPS) is 16.9. The molecule has 0 saturated carbocycles. The van der Waals surface area contributed by atoms with E-state index in [1.807, 2.05) is 5.10 Å². The first-order chi connectivity index (χ1) is 9.97. The number of nitrogens with zero attached hydrogens (tertiary/aromatic N) is 2. The number of aromatic nitrogens is 2. The Morgan fingerprint density at radius 1 is 1.43 bits per heavy atom. The molecule has 0 aromatic carbocycles. The standard InChI is InChI=1S/C12H17F3N4O2/c13-12(14,15)10-8-9(17-18-10)11(20)16-2-1-3-19-4-6-21-7-5-19/h8H,1-7H2,(H,16,20)(H,17,18). The number of nitrogens with one attached hydrogen (secondary N) is 2. The Morgan fingerprint density at radius 2 is 2.14 bits per heavy atom. The number of morpholine rings is 1. The van der Waals surface area contributed by atoms with Gasteiger partial charge in [0.05, 0.1) is 13.2 Å². The summed E-state index contributed by atoms with van der Waals surface area (Å²) in [4.78, 5) is 13.9. The summed E-state index contributed by atoms with van der Waals surface area (Å²) in [5, 5.41) is 7.73. The highest BCUT2D eigenvalue weighted by Crippen LogP contribution is 2.27. The van der Waals surface area contributed by atoms with Crippen LogP contribution in [0, 0.1) is 0 Å². The molecule has 2 rings (SSSR count). The van der Waals surface area contributed by atoms with Crippen molar-refractivity contribution in [1.82, 2.24) is 20.4 Å². The van der Waals surface area contributed by atoms with Gasteiger partial charge >= 0.3 is 6.18 Å². The zero-order valence-corrected chi connectivity index (χ0v) is 11.4. The van der Waals surface area contributed by atoms with Crippen molar-refractivity contribution in [2.75, 3.05) is 39.4 Å². The van der Waals surface area contributed by atoms with E-state index < -0.39 is 17.8 Å². The van der Waals surface area contributed by atoms with Crippen LogP contribution in [0.3, 0.4) is 0 Å². The van der Waals surface area contributed by atoms with E-state index in [1.54, 1.807) is 0 Å². The van der Waals surface area contributed by atoms with Crippen molar-refractivity contribution in [1.29, 1.82) is 0 Å². The van der Waals surface area contributed by atoms with Crippen LogP contribution >= 0.6 is 0 Å². The van der Waals surface area contributed by atoms with E-state index in [2.05, 4.69) is 15.3 Å². The average Bonchev–Trinajstić information content (AvgIpc) is 2.94. The molecule has 1 amide bonds. The summed E-state index contributed by atoms with van der Waals surface area (Å²) >= 11 is 0. The first kappa shape index (κ1) is 15.8. The monoisotopic (exact) mass is 306 g/mol. The molecule has 118 valence electrons. The highest BCUT2D eigenvalue weighted by molar-refractivity contribution is 5.92. The maximum absolute atomic E-state index is 12.4. The van der Waals surface area contributed by atoms with Gasteiger partial charge in [0.1, 0.15) is 5.69 Å².